The Morgan fingerprint density at radius 1 is 1.21 bits per heavy atom. The molecule has 0 aliphatic heterocycles. The van der Waals surface area contributed by atoms with Crippen LogP contribution < -0.4 is 5.56 Å². The number of nitrogens with one attached hydrogen (secondary N) is 1. The van der Waals surface area contributed by atoms with Crippen LogP contribution in [0.4, 0.5) is 0 Å². The predicted octanol–water partition coefficient (Wildman–Crippen LogP) is 2.77. The molecule has 0 amide bonds. The first-order valence-electron chi connectivity index (χ1n) is 6.21. The zero-order chi connectivity index (χ0) is 15.0. The lowest BCUT2D eigenvalue weighted by Gasteiger charge is -2.25. The van der Waals surface area contributed by atoms with Crippen molar-refractivity contribution in [2.45, 2.75) is 47.0 Å². The number of nitrogens with zero attached hydrogens (tertiary/aromatic N) is 1. The second kappa shape index (κ2) is 4.65. The number of Topliss-reactive ketones (excluding diaryl/α,β-unsaturated/α-hetero) is 1. The van der Waals surface area contributed by atoms with Gasteiger partial charge in [0.1, 0.15) is 11.6 Å². The van der Waals surface area contributed by atoms with Gasteiger partial charge in [-0.25, -0.2) is 0 Å². The van der Waals surface area contributed by atoms with Crippen molar-refractivity contribution in [1.82, 2.24) is 4.98 Å². The molecular weight excluding hydrogens is 240 g/mol. The monoisotopic (exact) mass is 260 g/mol. The Hall–Kier alpha value is -1.89. The fourth-order valence-corrected chi connectivity index (χ4v) is 1.79. The molecule has 0 saturated carbocycles. The summed E-state index contributed by atoms with van der Waals surface area (Å²) < 4.78 is 0. The maximum Gasteiger partial charge on any atom is 0.266 e. The predicted molar refractivity (Wildman–Crippen MR) is 74.3 cm³/mol. The number of aromatic nitrogens is 1. The maximum atomic E-state index is 12.5. The SMILES string of the molecule is CC(C)(C)C(=O)c1cc(C#N)c(=O)[nH]c1C(C)(C)C. The summed E-state index contributed by atoms with van der Waals surface area (Å²) in [6.07, 6.45) is 0. The molecule has 1 N–H and O–H groups in total. The third kappa shape index (κ3) is 3.11. The summed E-state index contributed by atoms with van der Waals surface area (Å²) >= 11 is 0. The second-order valence-electron chi connectivity index (χ2n) is 6.74. The summed E-state index contributed by atoms with van der Waals surface area (Å²) in [7, 11) is 0. The molecule has 1 heterocycles. The molecule has 1 rings (SSSR count). The smallest absolute Gasteiger partial charge is 0.266 e. The molecule has 0 aliphatic rings. The minimum Gasteiger partial charge on any atom is -0.324 e. The Morgan fingerprint density at radius 2 is 1.74 bits per heavy atom. The number of aromatic amines is 1. The van der Waals surface area contributed by atoms with Gasteiger partial charge >= 0.3 is 0 Å². The fraction of sp³-hybridized carbons (Fsp3) is 0.533. The van der Waals surface area contributed by atoms with Gasteiger partial charge in [-0.15, -0.1) is 0 Å². The molecule has 0 unspecified atom stereocenters. The summed E-state index contributed by atoms with van der Waals surface area (Å²) in [5.41, 5.74) is -0.403. The zero-order valence-corrected chi connectivity index (χ0v) is 12.3. The van der Waals surface area contributed by atoms with Gasteiger partial charge in [0.15, 0.2) is 5.78 Å². The average molecular weight is 260 g/mol. The number of pyridine rings is 1. The van der Waals surface area contributed by atoms with E-state index in [0.717, 1.165) is 0 Å². The standard InChI is InChI=1S/C15H20N2O2/c1-14(2,3)11-10(12(18)15(4,5)6)7-9(8-16)13(19)17-11/h7H,1-6H3,(H,17,19). The Morgan fingerprint density at radius 3 is 2.11 bits per heavy atom. The maximum absolute atomic E-state index is 12.5. The minimum atomic E-state index is -0.565. The van der Waals surface area contributed by atoms with E-state index in [2.05, 4.69) is 4.98 Å². The van der Waals surface area contributed by atoms with Crippen LogP contribution in [0.1, 0.15) is 63.2 Å². The molecule has 0 aliphatic carbocycles. The van der Waals surface area contributed by atoms with E-state index in [9.17, 15) is 9.59 Å². The van der Waals surface area contributed by atoms with E-state index in [1.165, 1.54) is 6.07 Å². The Kier molecular flexibility index (Phi) is 3.72. The molecule has 0 radical (unpaired) electrons. The molecule has 102 valence electrons. The molecule has 0 fully saturated rings. The number of carbonyl (C=O) groups excluding carboxylic acids is 1. The largest absolute Gasteiger partial charge is 0.324 e. The highest BCUT2D eigenvalue weighted by molar-refractivity contribution is 6.01. The molecule has 1 aromatic heterocycles. The minimum absolute atomic E-state index is 0.0272. The third-order valence-corrected chi connectivity index (χ3v) is 2.84. The highest BCUT2D eigenvalue weighted by Gasteiger charge is 2.30. The summed E-state index contributed by atoms with van der Waals surface area (Å²) in [5.74, 6) is -0.0785. The lowest BCUT2D eigenvalue weighted by Crippen LogP contribution is -2.30. The van der Waals surface area contributed by atoms with Crippen LogP contribution in [0, 0.1) is 16.7 Å². The molecule has 0 saturated heterocycles. The van der Waals surface area contributed by atoms with Crippen molar-refractivity contribution in [3.05, 3.63) is 33.2 Å². The van der Waals surface area contributed by atoms with Gasteiger partial charge in [-0.2, -0.15) is 5.26 Å². The molecule has 0 spiro atoms. The van der Waals surface area contributed by atoms with Crippen LogP contribution in [-0.4, -0.2) is 10.8 Å². The second-order valence-corrected chi connectivity index (χ2v) is 6.74. The number of H-pyrrole nitrogens is 1. The van der Waals surface area contributed by atoms with Gasteiger partial charge in [-0.05, 0) is 6.07 Å². The fourth-order valence-electron chi connectivity index (χ4n) is 1.79. The van der Waals surface area contributed by atoms with Crippen LogP contribution in [0.3, 0.4) is 0 Å². The normalized spacial score (nSPS) is 12.1. The van der Waals surface area contributed by atoms with Crippen molar-refractivity contribution < 1.29 is 4.79 Å². The number of ketones is 1. The quantitative estimate of drug-likeness (QED) is 0.789. The number of hydrogen-bond acceptors (Lipinski definition) is 3. The lowest BCUT2D eigenvalue weighted by atomic mass is 9.80. The summed E-state index contributed by atoms with van der Waals surface area (Å²) in [5, 5.41) is 8.94. The highest BCUT2D eigenvalue weighted by Crippen LogP contribution is 2.28. The van der Waals surface area contributed by atoms with Crippen LogP contribution in [0.2, 0.25) is 0 Å². The van der Waals surface area contributed by atoms with Gasteiger partial charge in [-0.1, -0.05) is 41.5 Å². The van der Waals surface area contributed by atoms with Crippen LogP contribution in [0.15, 0.2) is 10.9 Å². The van der Waals surface area contributed by atoms with Crippen LogP contribution >= 0.6 is 0 Å². The van der Waals surface area contributed by atoms with Crippen molar-refractivity contribution in [2.75, 3.05) is 0 Å². The van der Waals surface area contributed by atoms with Gasteiger partial charge < -0.3 is 4.98 Å². The first-order chi connectivity index (χ1) is 8.48. The molecule has 4 nitrogen and oxygen atoms in total. The van der Waals surface area contributed by atoms with Gasteiger partial charge in [0.2, 0.25) is 0 Å². The molecule has 0 aromatic carbocycles. The molecular formula is C15H20N2O2. The van der Waals surface area contributed by atoms with Crippen molar-refractivity contribution in [3.8, 4) is 6.07 Å². The van der Waals surface area contributed by atoms with E-state index in [0.29, 0.717) is 11.3 Å². The van der Waals surface area contributed by atoms with E-state index >= 15 is 0 Å². The van der Waals surface area contributed by atoms with Crippen LogP contribution in [0.25, 0.3) is 0 Å². The van der Waals surface area contributed by atoms with E-state index in [1.54, 1.807) is 0 Å². The molecule has 0 atom stereocenters. The molecule has 19 heavy (non-hydrogen) atoms. The van der Waals surface area contributed by atoms with E-state index in [4.69, 9.17) is 5.26 Å². The van der Waals surface area contributed by atoms with Crippen molar-refractivity contribution in [3.63, 3.8) is 0 Å². The van der Waals surface area contributed by atoms with Gasteiger partial charge in [0.25, 0.3) is 5.56 Å². The number of rotatable bonds is 1. The first kappa shape index (κ1) is 15.2. The zero-order valence-electron chi connectivity index (χ0n) is 12.3. The van der Waals surface area contributed by atoms with Crippen LogP contribution in [-0.2, 0) is 5.41 Å². The molecule has 1 aromatic rings. The van der Waals surface area contributed by atoms with Gasteiger partial charge in [0, 0.05) is 22.1 Å². The Balaban J connectivity index is 3.67. The van der Waals surface area contributed by atoms with Crippen molar-refractivity contribution >= 4 is 5.78 Å². The van der Waals surface area contributed by atoms with Crippen molar-refractivity contribution in [1.29, 1.82) is 5.26 Å². The Labute approximate surface area is 113 Å². The van der Waals surface area contributed by atoms with Crippen molar-refractivity contribution in [2.24, 2.45) is 5.41 Å². The number of carbonyl (C=O) groups is 1. The van der Waals surface area contributed by atoms with Gasteiger partial charge in [0.05, 0.1) is 0 Å². The van der Waals surface area contributed by atoms with E-state index < -0.39 is 11.0 Å². The van der Waals surface area contributed by atoms with Gasteiger partial charge in [-0.3, -0.25) is 9.59 Å². The van der Waals surface area contributed by atoms with E-state index in [-0.39, 0.29) is 16.8 Å². The number of nitriles is 1. The number of hydrogen-bond donors (Lipinski definition) is 1. The lowest BCUT2D eigenvalue weighted by molar-refractivity contribution is 0.0855. The summed E-state index contributed by atoms with van der Waals surface area (Å²) in [6, 6.07) is 3.23. The molecule has 0 bridgehead atoms. The highest BCUT2D eigenvalue weighted by atomic mass is 16.1. The molecule has 4 heteroatoms. The first-order valence-corrected chi connectivity index (χ1v) is 6.21. The Bertz CT molecular complexity index is 605. The average Bonchev–Trinajstić information content (AvgIpc) is 2.25. The third-order valence-electron chi connectivity index (χ3n) is 2.84. The summed E-state index contributed by atoms with van der Waals surface area (Å²) in [6.45, 7) is 11.2. The van der Waals surface area contributed by atoms with Crippen LogP contribution in [0.5, 0.6) is 0 Å². The summed E-state index contributed by atoms with van der Waals surface area (Å²) in [4.78, 5) is 26.9. The topological polar surface area (TPSA) is 73.7 Å². The van der Waals surface area contributed by atoms with E-state index in [1.807, 2.05) is 47.6 Å².